The normalized spacial score (nSPS) is 12.9. The summed E-state index contributed by atoms with van der Waals surface area (Å²) >= 11 is 0. The summed E-state index contributed by atoms with van der Waals surface area (Å²) in [6.07, 6.45) is 0. The summed E-state index contributed by atoms with van der Waals surface area (Å²) in [6.45, 7) is 4.41. The highest BCUT2D eigenvalue weighted by Crippen LogP contribution is 2.26. The predicted octanol–water partition coefficient (Wildman–Crippen LogP) is 2.30. The van der Waals surface area contributed by atoms with Crippen LogP contribution < -0.4 is 5.32 Å². The van der Waals surface area contributed by atoms with E-state index < -0.39 is 0 Å². The van der Waals surface area contributed by atoms with E-state index in [0.717, 1.165) is 0 Å². The molecular weight excluding hydrogens is 212 g/mol. The zero-order chi connectivity index (χ0) is 13.0. The fourth-order valence-electron chi connectivity index (χ4n) is 2.26. The van der Waals surface area contributed by atoms with Crippen LogP contribution in [-0.2, 0) is 0 Å². The minimum Gasteiger partial charge on any atom is -0.355 e. The predicted molar refractivity (Wildman–Crippen MR) is 71.1 cm³/mol. The van der Waals surface area contributed by atoms with Crippen LogP contribution in [0.5, 0.6) is 0 Å². The second-order valence-corrected chi connectivity index (χ2v) is 4.85. The van der Waals surface area contributed by atoms with Crippen LogP contribution in [0.3, 0.4) is 0 Å². The first kappa shape index (κ1) is 13.7. The Balaban J connectivity index is 2.96. The first-order valence-electron chi connectivity index (χ1n) is 5.95. The molecule has 1 aromatic carbocycles. The maximum atomic E-state index is 11.4. The van der Waals surface area contributed by atoms with E-state index in [4.69, 9.17) is 0 Å². The number of hydrogen-bond acceptors (Lipinski definition) is 2. The van der Waals surface area contributed by atoms with Crippen molar-refractivity contribution < 1.29 is 4.79 Å². The standard InChI is InChI=1S/C14H22N2O/c1-10(2)13(16(4)5)11-6-8-12(9-7-11)14(17)15-3/h6-10,13H,1-5H3,(H,15,17)/t13-/m1/s1. The fourth-order valence-corrected chi connectivity index (χ4v) is 2.26. The molecule has 1 aromatic rings. The molecule has 0 aromatic heterocycles. The molecule has 1 rings (SSSR count). The third-order valence-electron chi connectivity index (χ3n) is 2.93. The molecule has 0 aliphatic rings. The average Bonchev–Trinajstić information content (AvgIpc) is 2.28. The maximum Gasteiger partial charge on any atom is 0.251 e. The smallest absolute Gasteiger partial charge is 0.251 e. The van der Waals surface area contributed by atoms with E-state index in [0.29, 0.717) is 17.5 Å². The van der Waals surface area contributed by atoms with Gasteiger partial charge in [-0.05, 0) is 37.7 Å². The van der Waals surface area contributed by atoms with Gasteiger partial charge in [0.25, 0.3) is 5.91 Å². The summed E-state index contributed by atoms with van der Waals surface area (Å²) in [7, 11) is 5.81. The van der Waals surface area contributed by atoms with Crippen molar-refractivity contribution in [3.63, 3.8) is 0 Å². The SMILES string of the molecule is CNC(=O)c1ccc([C@@H](C(C)C)N(C)C)cc1. The van der Waals surface area contributed by atoms with E-state index in [1.54, 1.807) is 7.05 Å². The quantitative estimate of drug-likeness (QED) is 0.867. The number of rotatable bonds is 4. The Kier molecular flexibility index (Phi) is 4.70. The molecule has 0 saturated heterocycles. The van der Waals surface area contributed by atoms with Crippen LogP contribution in [0.25, 0.3) is 0 Å². The van der Waals surface area contributed by atoms with Crippen molar-refractivity contribution in [1.82, 2.24) is 10.2 Å². The Labute approximate surface area is 104 Å². The van der Waals surface area contributed by atoms with Crippen molar-refractivity contribution in [1.29, 1.82) is 0 Å². The Hall–Kier alpha value is -1.35. The van der Waals surface area contributed by atoms with Crippen LogP contribution in [-0.4, -0.2) is 32.0 Å². The number of nitrogens with one attached hydrogen (secondary N) is 1. The van der Waals surface area contributed by atoms with Gasteiger partial charge in [-0.3, -0.25) is 4.79 Å². The number of carbonyl (C=O) groups excluding carboxylic acids is 1. The topological polar surface area (TPSA) is 32.3 Å². The van der Waals surface area contributed by atoms with E-state index in [-0.39, 0.29) is 5.91 Å². The van der Waals surface area contributed by atoms with E-state index in [1.165, 1.54) is 5.56 Å². The van der Waals surface area contributed by atoms with Gasteiger partial charge in [0, 0.05) is 18.7 Å². The number of carbonyl (C=O) groups is 1. The first-order chi connectivity index (χ1) is 7.97. The van der Waals surface area contributed by atoms with Gasteiger partial charge in [-0.1, -0.05) is 26.0 Å². The minimum absolute atomic E-state index is 0.0394. The van der Waals surface area contributed by atoms with Gasteiger partial charge in [-0.2, -0.15) is 0 Å². The molecule has 3 heteroatoms. The van der Waals surface area contributed by atoms with Crippen molar-refractivity contribution in [3.05, 3.63) is 35.4 Å². The Morgan fingerprint density at radius 2 is 1.71 bits per heavy atom. The van der Waals surface area contributed by atoms with Gasteiger partial charge in [0.15, 0.2) is 0 Å². The largest absolute Gasteiger partial charge is 0.355 e. The summed E-state index contributed by atoms with van der Waals surface area (Å²) in [5.41, 5.74) is 1.95. The average molecular weight is 234 g/mol. The second-order valence-electron chi connectivity index (χ2n) is 4.85. The van der Waals surface area contributed by atoms with Crippen molar-refractivity contribution >= 4 is 5.91 Å². The lowest BCUT2D eigenvalue weighted by Gasteiger charge is -2.28. The third kappa shape index (κ3) is 3.30. The molecule has 0 saturated carbocycles. The summed E-state index contributed by atoms with van der Waals surface area (Å²) in [4.78, 5) is 13.6. The molecule has 0 heterocycles. The van der Waals surface area contributed by atoms with E-state index in [9.17, 15) is 4.79 Å². The Bertz CT molecular complexity index is 360. The number of benzene rings is 1. The van der Waals surface area contributed by atoms with Crippen molar-refractivity contribution in [2.45, 2.75) is 19.9 Å². The molecule has 17 heavy (non-hydrogen) atoms. The molecule has 1 amide bonds. The molecule has 1 N–H and O–H groups in total. The molecule has 1 atom stereocenters. The van der Waals surface area contributed by atoms with Crippen molar-refractivity contribution in [2.75, 3.05) is 21.1 Å². The highest BCUT2D eigenvalue weighted by atomic mass is 16.1. The Morgan fingerprint density at radius 3 is 2.06 bits per heavy atom. The van der Waals surface area contributed by atoms with Gasteiger partial charge in [0.1, 0.15) is 0 Å². The summed E-state index contributed by atoms with van der Waals surface area (Å²) in [5.74, 6) is 0.498. The van der Waals surface area contributed by atoms with Gasteiger partial charge in [-0.15, -0.1) is 0 Å². The van der Waals surface area contributed by atoms with Crippen LogP contribution in [0, 0.1) is 5.92 Å². The maximum absolute atomic E-state index is 11.4. The zero-order valence-corrected chi connectivity index (χ0v) is 11.3. The second kappa shape index (κ2) is 5.82. The lowest BCUT2D eigenvalue weighted by molar-refractivity contribution is 0.0963. The van der Waals surface area contributed by atoms with Gasteiger partial charge in [0.05, 0.1) is 0 Å². The molecule has 0 bridgehead atoms. The lowest BCUT2D eigenvalue weighted by Crippen LogP contribution is -2.24. The van der Waals surface area contributed by atoms with Crippen LogP contribution in [0.4, 0.5) is 0 Å². The van der Waals surface area contributed by atoms with Gasteiger partial charge in [0.2, 0.25) is 0 Å². The van der Waals surface area contributed by atoms with E-state index >= 15 is 0 Å². The summed E-state index contributed by atoms with van der Waals surface area (Å²) < 4.78 is 0. The third-order valence-corrected chi connectivity index (χ3v) is 2.93. The van der Waals surface area contributed by atoms with Crippen molar-refractivity contribution in [3.8, 4) is 0 Å². The van der Waals surface area contributed by atoms with Gasteiger partial charge < -0.3 is 10.2 Å². The lowest BCUT2D eigenvalue weighted by atomic mass is 9.94. The molecule has 3 nitrogen and oxygen atoms in total. The fraction of sp³-hybridized carbons (Fsp3) is 0.500. The highest BCUT2D eigenvalue weighted by Gasteiger charge is 2.18. The van der Waals surface area contributed by atoms with E-state index in [2.05, 4.69) is 38.2 Å². The minimum atomic E-state index is -0.0394. The highest BCUT2D eigenvalue weighted by molar-refractivity contribution is 5.93. The number of amides is 1. The Morgan fingerprint density at radius 1 is 1.18 bits per heavy atom. The zero-order valence-electron chi connectivity index (χ0n) is 11.3. The number of hydrogen-bond donors (Lipinski definition) is 1. The van der Waals surface area contributed by atoms with E-state index in [1.807, 2.05) is 24.3 Å². The van der Waals surface area contributed by atoms with Crippen LogP contribution in [0.1, 0.15) is 35.8 Å². The molecule has 0 unspecified atom stereocenters. The molecule has 0 fully saturated rings. The van der Waals surface area contributed by atoms with Crippen LogP contribution in [0.15, 0.2) is 24.3 Å². The van der Waals surface area contributed by atoms with Gasteiger partial charge in [-0.25, -0.2) is 0 Å². The summed E-state index contributed by atoms with van der Waals surface area (Å²) in [6, 6.07) is 8.22. The molecule has 94 valence electrons. The molecule has 0 aliphatic heterocycles. The van der Waals surface area contributed by atoms with Crippen LogP contribution >= 0.6 is 0 Å². The van der Waals surface area contributed by atoms with Crippen LogP contribution in [0.2, 0.25) is 0 Å². The van der Waals surface area contributed by atoms with Gasteiger partial charge >= 0.3 is 0 Å². The monoisotopic (exact) mass is 234 g/mol. The molecule has 0 aliphatic carbocycles. The molecule has 0 radical (unpaired) electrons. The molecule has 0 spiro atoms. The summed E-state index contributed by atoms with van der Waals surface area (Å²) in [5, 5.41) is 2.63. The molecular formula is C14H22N2O. The number of nitrogens with zero attached hydrogens (tertiary/aromatic N) is 1. The first-order valence-corrected chi connectivity index (χ1v) is 5.95. The van der Waals surface area contributed by atoms with Crippen molar-refractivity contribution in [2.24, 2.45) is 5.92 Å².